The minimum atomic E-state index is -3.75. The van der Waals surface area contributed by atoms with Gasteiger partial charge in [-0.15, -0.1) is 0 Å². The third-order valence-corrected chi connectivity index (χ3v) is 6.13. The molecule has 2 heterocycles. The van der Waals surface area contributed by atoms with E-state index in [1.807, 2.05) is 60.1 Å². The predicted octanol–water partition coefficient (Wildman–Crippen LogP) is 4.37. The summed E-state index contributed by atoms with van der Waals surface area (Å²) in [6.07, 6.45) is 4.67. The quantitative estimate of drug-likeness (QED) is 0.515. The topological polar surface area (TPSA) is 72.7 Å². The van der Waals surface area contributed by atoms with E-state index in [0.29, 0.717) is 11.4 Å². The molecule has 7 heteroatoms. The molecule has 2 aromatic heterocycles. The van der Waals surface area contributed by atoms with Crippen molar-refractivity contribution in [3.8, 4) is 17.0 Å². The van der Waals surface area contributed by atoms with E-state index in [-0.39, 0.29) is 4.90 Å². The molecule has 4 aromatic rings. The van der Waals surface area contributed by atoms with Crippen LogP contribution in [0.1, 0.15) is 12.5 Å². The standard InChI is InChI=1S/C22H21N3O3S/c1-3-16-7-10-18(11-8-16)29(26,27)24-19-14-17(9-12-21(19)28-2)20-15-25-13-5-4-6-22(25)23-20/h4-15,24H,3H2,1-2H3. The third-order valence-electron chi connectivity index (χ3n) is 4.75. The first kappa shape index (κ1) is 19.0. The number of nitrogens with zero attached hydrogens (tertiary/aromatic N) is 2. The lowest BCUT2D eigenvalue weighted by Crippen LogP contribution is -2.13. The van der Waals surface area contributed by atoms with Crippen LogP contribution in [0.5, 0.6) is 5.75 Å². The monoisotopic (exact) mass is 407 g/mol. The van der Waals surface area contributed by atoms with Gasteiger partial charge in [0.2, 0.25) is 0 Å². The van der Waals surface area contributed by atoms with Crippen molar-refractivity contribution >= 4 is 21.4 Å². The number of fused-ring (bicyclic) bond motifs is 1. The van der Waals surface area contributed by atoms with Crippen LogP contribution in [0.3, 0.4) is 0 Å². The van der Waals surface area contributed by atoms with Gasteiger partial charge in [-0.3, -0.25) is 4.72 Å². The summed E-state index contributed by atoms with van der Waals surface area (Å²) in [6.45, 7) is 2.03. The molecule has 6 nitrogen and oxygen atoms in total. The maximum absolute atomic E-state index is 12.9. The normalized spacial score (nSPS) is 11.5. The Hall–Kier alpha value is -3.32. The van der Waals surface area contributed by atoms with Crippen molar-refractivity contribution in [2.24, 2.45) is 0 Å². The second-order valence-corrected chi connectivity index (χ2v) is 8.29. The molecule has 0 aliphatic rings. The number of ether oxygens (including phenoxy) is 1. The zero-order valence-corrected chi connectivity index (χ0v) is 17.0. The average molecular weight is 407 g/mol. The van der Waals surface area contributed by atoms with Crippen molar-refractivity contribution in [2.45, 2.75) is 18.2 Å². The molecule has 0 amide bonds. The molecular formula is C22H21N3O3S. The Morgan fingerprint density at radius 3 is 2.55 bits per heavy atom. The Morgan fingerprint density at radius 1 is 1.07 bits per heavy atom. The van der Waals surface area contributed by atoms with Crippen LogP contribution in [0.15, 0.2) is 78.0 Å². The number of hydrogen-bond acceptors (Lipinski definition) is 4. The number of anilines is 1. The summed E-state index contributed by atoms with van der Waals surface area (Å²) in [6, 6.07) is 17.9. The van der Waals surface area contributed by atoms with Crippen molar-refractivity contribution < 1.29 is 13.2 Å². The number of nitrogens with one attached hydrogen (secondary N) is 1. The fourth-order valence-electron chi connectivity index (χ4n) is 3.13. The van der Waals surface area contributed by atoms with E-state index in [0.717, 1.165) is 28.9 Å². The van der Waals surface area contributed by atoms with E-state index in [1.165, 1.54) is 7.11 Å². The van der Waals surface area contributed by atoms with Crippen molar-refractivity contribution in [3.63, 3.8) is 0 Å². The third kappa shape index (κ3) is 3.82. The first-order chi connectivity index (χ1) is 14.0. The summed E-state index contributed by atoms with van der Waals surface area (Å²) in [5, 5.41) is 0. The number of aryl methyl sites for hydroxylation is 1. The molecule has 29 heavy (non-hydrogen) atoms. The molecule has 0 atom stereocenters. The fraction of sp³-hybridized carbons (Fsp3) is 0.136. The average Bonchev–Trinajstić information content (AvgIpc) is 3.18. The molecule has 148 valence electrons. The van der Waals surface area contributed by atoms with Crippen molar-refractivity contribution in [1.29, 1.82) is 0 Å². The van der Waals surface area contributed by atoms with Gasteiger partial charge in [0.05, 0.1) is 23.4 Å². The minimum absolute atomic E-state index is 0.204. The van der Waals surface area contributed by atoms with E-state index in [4.69, 9.17) is 4.74 Å². The number of benzene rings is 2. The van der Waals surface area contributed by atoms with Gasteiger partial charge in [0.1, 0.15) is 11.4 Å². The van der Waals surface area contributed by atoms with E-state index in [9.17, 15) is 8.42 Å². The van der Waals surface area contributed by atoms with Gasteiger partial charge < -0.3 is 9.14 Å². The Bertz CT molecular complexity index is 1230. The van der Waals surface area contributed by atoms with Gasteiger partial charge in [-0.05, 0) is 54.4 Å². The molecular weight excluding hydrogens is 386 g/mol. The van der Waals surface area contributed by atoms with Gasteiger partial charge in [0.25, 0.3) is 10.0 Å². The van der Waals surface area contributed by atoms with Crippen LogP contribution in [0, 0.1) is 0 Å². The molecule has 0 bridgehead atoms. The second kappa shape index (κ2) is 7.60. The van der Waals surface area contributed by atoms with Crippen LogP contribution in [-0.2, 0) is 16.4 Å². The number of rotatable bonds is 6. The maximum atomic E-state index is 12.9. The van der Waals surface area contributed by atoms with Crippen LogP contribution in [0.4, 0.5) is 5.69 Å². The van der Waals surface area contributed by atoms with E-state index in [2.05, 4.69) is 9.71 Å². The predicted molar refractivity (Wildman–Crippen MR) is 114 cm³/mol. The zero-order valence-electron chi connectivity index (χ0n) is 16.2. The number of pyridine rings is 1. The van der Waals surface area contributed by atoms with Crippen LogP contribution in [-0.4, -0.2) is 24.9 Å². The molecule has 0 unspecified atom stereocenters. The van der Waals surface area contributed by atoms with Crippen LogP contribution >= 0.6 is 0 Å². The lowest BCUT2D eigenvalue weighted by atomic mass is 10.1. The second-order valence-electron chi connectivity index (χ2n) is 6.61. The van der Waals surface area contributed by atoms with Gasteiger partial charge in [0.15, 0.2) is 0 Å². The summed E-state index contributed by atoms with van der Waals surface area (Å²) < 4.78 is 35.7. The van der Waals surface area contributed by atoms with Gasteiger partial charge >= 0.3 is 0 Å². The lowest BCUT2D eigenvalue weighted by molar-refractivity contribution is 0.417. The maximum Gasteiger partial charge on any atom is 0.262 e. The fourth-order valence-corrected chi connectivity index (χ4v) is 4.19. The summed E-state index contributed by atoms with van der Waals surface area (Å²) in [4.78, 5) is 4.80. The first-order valence-electron chi connectivity index (χ1n) is 9.24. The summed E-state index contributed by atoms with van der Waals surface area (Å²) >= 11 is 0. The molecule has 0 spiro atoms. The number of methoxy groups -OCH3 is 1. The van der Waals surface area contributed by atoms with Gasteiger partial charge in [-0.2, -0.15) is 0 Å². The van der Waals surface area contributed by atoms with Crippen molar-refractivity contribution in [2.75, 3.05) is 11.8 Å². The Morgan fingerprint density at radius 2 is 1.86 bits per heavy atom. The van der Waals surface area contributed by atoms with E-state index >= 15 is 0 Å². The summed E-state index contributed by atoms with van der Waals surface area (Å²) in [5.41, 5.74) is 3.79. The summed E-state index contributed by atoms with van der Waals surface area (Å²) in [5.74, 6) is 0.436. The van der Waals surface area contributed by atoms with Crippen LogP contribution in [0.2, 0.25) is 0 Å². The summed E-state index contributed by atoms with van der Waals surface area (Å²) in [7, 11) is -2.24. The highest BCUT2D eigenvalue weighted by Crippen LogP contribution is 2.32. The highest BCUT2D eigenvalue weighted by Gasteiger charge is 2.18. The Labute approximate surface area is 169 Å². The van der Waals surface area contributed by atoms with Crippen molar-refractivity contribution in [1.82, 2.24) is 9.38 Å². The zero-order chi connectivity index (χ0) is 20.4. The van der Waals surface area contributed by atoms with Gasteiger partial charge in [-0.1, -0.05) is 25.1 Å². The minimum Gasteiger partial charge on any atom is -0.495 e. The number of imidazole rings is 1. The Balaban J connectivity index is 1.71. The number of sulfonamides is 1. The van der Waals surface area contributed by atoms with E-state index in [1.54, 1.807) is 24.3 Å². The molecule has 2 aromatic carbocycles. The highest BCUT2D eigenvalue weighted by molar-refractivity contribution is 7.92. The smallest absolute Gasteiger partial charge is 0.262 e. The Kier molecular flexibility index (Phi) is 4.98. The van der Waals surface area contributed by atoms with Crippen LogP contribution in [0.25, 0.3) is 16.9 Å². The number of hydrogen-bond donors (Lipinski definition) is 1. The van der Waals surface area contributed by atoms with Gasteiger partial charge in [0, 0.05) is 18.0 Å². The SMILES string of the molecule is CCc1ccc(S(=O)(=O)Nc2cc(-c3cn4ccccc4n3)ccc2OC)cc1. The molecule has 0 aliphatic heterocycles. The van der Waals surface area contributed by atoms with E-state index < -0.39 is 10.0 Å². The molecule has 0 aliphatic carbocycles. The molecule has 0 saturated heterocycles. The number of aromatic nitrogens is 2. The first-order valence-corrected chi connectivity index (χ1v) is 10.7. The largest absolute Gasteiger partial charge is 0.495 e. The van der Waals surface area contributed by atoms with Crippen molar-refractivity contribution in [3.05, 3.63) is 78.6 Å². The molecule has 0 saturated carbocycles. The molecule has 0 fully saturated rings. The lowest BCUT2D eigenvalue weighted by Gasteiger charge is -2.13. The molecule has 0 radical (unpaired) electrons. The molecule has 1 N–H and O–H groups in total. The highest BCUT2D eigenvalue weighted by atomic mass is 32.2. The van der Waals surface area contributed by atoms with Crippen LogP contribution < -0.4 is 9.46 Å². The van der Waals surface area contributed by atoms with Gasteiger partial charge in [-0.25, -0.2) is 13.4 Å². The molecule has 4 rings (SSSR count).